The molecule has 30 heavy (non-hydrogen) atoms. The number of nitrogens with zero attached hydrogens (tertiary/aromatic N) is 1. The normalized spacial score (nSPS) is 16.7. The van der Waals surface area contributed by atoms with Crippen LogP contribution >= 0.6 is 0 Å². The van der Waals surface area contributed by atoms with E-state index in [-0.39, 0.29) is 6.04 Å². The Kier molecular flexibility index (Phi) is 5.95. The fraction of sp³-hybridized carbons (Fsp3) is 0.375. The van der Waals surface area contributed by atoms with E-state index in [0.717, 1.165) is 47.4 Å². The first-order valence-electron chi connectivity index (χ1n) is 10.3. The number of carbonyl (C=O) groups excluding carboxylic acids is 1. The average molecular weight is 409 g/mol. The molecule has 1 aliphatic rings. The second-order valence-corrected chi connectivity index (χ2v) is 7.36. The van der Waals surface area contributed by atoms with E-state index in [0.29, 0.717) is 24.5 Å². The Morgan fingerprint density at radius 2 is 2.00 bits per heavy atom. The lowest BCUT2D eigenvalue weighted by Crippen LogP contribution is -2.24. The Labute approximate surface area is 176 Å². The molecule has 0 N–H and O–H groups in total. The van der Waals surface area contributed by atoms with E-state index in [4.69, 9.17) is 18.6 Å². The van der Waals surface area contributed by atoms with Crippen molar-refractivity contribution in [1.82, 2.24) is 4.90 Å². The lowest BCUT2D eigenvalue weighted by molar-refractivity contribution is 0.0489. The fourth-order valence-electron chi connectivity index (χ4n) is 4.29. The van der Waals surface area contributed by atoms with Gasteiger partial charge in [0.25, 0.3) is 0 Å². The smallest absolute Gasteiger partial charge is 0.374 e. The van der Waals surface area contributed by atoms with Gasteiger partial charge in [0.1, 0.15) is 17.1 Å². The van der Waals surface area contributed by atoms with E-state index in [9.17, 15) is 4.79 Å². The van der Waals surface area contributed by atoms with E-state index in [1.807, 2.05) is 42.5 Å². The molecule has 0 saturated carbocycles. The van der Waals surface area contributed by atoms with Gasteiger partial charge in [-0.2, -0.15) is 0 Å². The van der Waals surface area contributed by atoms with Crippen molar-refractivity contribution in [2.24, 2.45) is 0 Å². The number of furan rings is 1. The molecule has 158 valence electrons. The van der Waals surface area contributed by atoms with Crippen molar-refractivity contribution in [3.05, 3.63) is 59.4 Å². The van der Waals surface area contributed by atoms with Crippen molar-refractivity contribution >= 4 is 16.9 Å². The second-order valence-electron chi connectivity index (χ2n) is 7.36. The van der Waals surface area contributed by atoms with Gasteiger partial charge in [-0.25, -0.2) is 4.79 Å². The van der Waals surface area contributed by atoms with Crippen LogP contribution in [0.3, 0.4) is 0 Å². The molecule has 1 aromatic heterocycles. The van der Waals surface area contributed by atoms with Gasteiger partial charge in [0, 0.05) is 29.1 Å². The van der Waals surface area contributed by atoms with Gasteiger partial charge in [0.05, 0.1) is 20.8 Å². The van der Waals surface area contributed by atoms with Crippen LogP contribution in [0.25, 0.3) is 11.0 Å². The molecule has 2 heterocycles. The summed E-state index contributed by atoms with van der Waals surface area (Å²) in [5.41, 5.74) is 2.67. The predicted molar refractivity (Wildman–Crippen MR) is 114 cm³/mol. The zero-order valence-corrected chi connectivity index (χ0v) is 17.6. The molecule has 0 aliphatic carbocycles. The van der Waals surface area contributed by atoms with Gasteiger partial charge >= 0.3 is 5.97 Å². The van der Waals surface area contributed by atoms with E-state index in [2.05, 4.69) is 4.90 Å². The maximum absolute atomic E-state index is 12.6. The quantitative estimate of drug-likeness (QED) is 0.514. The third-order valence-electron chi connectivity index (χ3n) is 5.68. The van der Waals surface area contributed by atoms with Gasteiger partial charge in [-0.15, -0.1) is 0 Å². The fourth-order valence-corrected chi connectivity index (χ4v) is 4.29. The van der Waals surface area contributed by atoms with Crippen LogP contribution in [0, 0.1) is 0 Å². The summed E-state index contributed by atoms with van der Waals surface area (Å²) in [6, 6.07) is 13.8. The van der Waals surface area contributed by atoms with Crippen LogP contribution in [0.2, 0.25) is 0 Å². The summed E-state index contributed by atoms with van der Waals surface area (Å²) >= 11 is 0. The number of likely N-dealkylation sites (tertiary alicyclic amines) is 1. The molecular formula is C24H27NO5. The van der Waals surface area contributed by atoms with E-state index < -0.39 is 5.97 Å². The molecule has 1 atom stereocenters. The molecule has 1 fully saturated rings. The molecule has 0 radical (unpaired) electrons. The van der Waals surface area contributed by atoms with Gasteiger partial charge in [0.2, 0.25) is 5.76 Å². The molecule has 0 spiro atoms. The number of carbonyl (C=O) groups is 1. The lowest BCUT2D eigenvalue weighted by Gasteiger charge is -2.26. The second kappa shape index (κ2) is 8.79. The Balaban J connectivity index is 1.71. The van der Waals surface area contributed by atoms with Crippen LogP contribution < -0.4 is 9.47 Å². The SMILES string of the molecule is CCOC(=O)c1oc2ccccc2c1CN1CCC[C@H]1c1cc(OC)ccc1OC. The van der Waals surface area contributed by atoms with Crippen LogP contribution in [0.4, 0.5) is 0 Å². The topological polar surface area (TPSA) is 61.1 Å². The molecule has 6 nitrogen and oxygen atoms in total. The molecule has 0 bridgehead atoms. The first kappa shape index (κ1) is 20.3. The van der Waals surface area contributed by atoms with Gasteiger partial charge in [-0.1, -0.05) is 18.2 Å². The Morgan fingerprint density at radius 1 is 1.17 bits per heavy atom. The minimum Gasteiger partial charge on any atom is -0.497 e. The number of ether oxygens (including phenoxy) is 3. The van der Waals surface area contributed by atoms with Crippen molar-refractivity contribution in [2.45, 2.75) is 32.4 Å². The van der Waals surface area contributed by atoms with Crippen LogP contribution in [0.15, 0.2) is 46.9 Å². The summed E-state index contributed by atoms with van der Waals surface area (Å²) in [7, 11) is 3.36. The maximum Gasteiger partial charge on any atom is 0.374 e. The third kappa shape index (κ3) is 3.75. The van der Waals surface area contributed by atoms with Crippen LogP contribution in [-0.4, -0.2) is 38.2 Å². The van der Waals surface area contributed by atoms with Gasteiger partial charge in [-0.05, 0) is 50.6 Å². The number of methoxy groups -OCH3 is 2. The number of fused-ring (bicyclic) bond motifs is 1. The number of para-hydroxylation sites is 1. The zero-order valence-electron chi connectivity index (χ0n) is 17.6. The monoisotopic (exact) mass is 409 g/mol. The van der Waals surface area contributed by atoms with Crippen molar-refractivity contribution in [1.29, 1.82) is 0 Å². The predicted octanol–water partition coefficient (Wildman–Crippen LogP) is 4.96. The molecule has 1 saturated heterocycles. The molecule has 3 aromatic rings. The zero-order chi connectivity index (χ0) is 21.1. The minimum atomic E-state index is -0.418. The summed E-state index contributed by atoms with van der Waals surface area (Å²) in [5, 5.41) is 0.948. The van der Waals surface area contributed by atoms with E-state index in [1.54, 1.807) is 21.1 Å². The highest BCUT2D eigenvalue weighted by atomic mass is 16.5. The van der Waals surface area contributed by atoms with Crippen LogP contribution in [0.1, 0.15) is 47.5 Å². The van der Waals surface area contributed by atoms with Crippen LogP contribution in [0.5, 0.6) is 11.5 Å². The average Bonchev–Trinajstić information content (AvgIpc) is 3.38. The Bertz CT molecular complexity index is 1040. The highest BCUT2D eigenvalue weighted by Gasteiger charge is 2.32. The number of rotatable bonds is 7. The maximum atomic E-state index is 12.6. The van der Waals surface area contributed by atoms with Gasteiger partial charge < -0.3 is 18.6 Å². The highest BCUT2D eigenvalue weighted by molar-refractivity contribution is 5.96. The third-order valence-corrected chi connectivity index (χ3v) is 5.68. The molecule has 2 aromatic carbocycles. The molecule has 1 aliphatic heterocycles. The highest BCUT2D eigenvalue weighted by Crippen LogP contribution is 2.40. The first-order chi connectivity index (χ1) is 14.7. The minimum absolute atomic E-state index is 0.166. The van der Waals surface area contributed by atoms with Crippen LogP contribution in [-0.2, 0) is 11.3 Å². The largest absolute Gasteiger partial charge is 0.497 e. The summed E-state index contributed by atoms with van der Waals surface area (Å²) in [4.78, 5) is 14.9. The number of esters is 1. The van der Waals surface area contributed by atoms with E-state index in [1.165, 1.54) is 0 Å². The number of hydrogen-bond donors (Lipinski definition) is 0. The molecular weight excluding hydrogens is 382 g/mol. The van der Waals surface area contributed by atoms with Crippen molar-refractivity contribution in [3.8, 4) is 11.5 Å². The lowest BCUT2D eigenvalue weighted by atomic mass is 10.0. The van der Waals surface area contributed by atoms with Crippen molar-refractivity contribution < 1.29 is 23.4 Å². The molecule has 4 rings (SSSR count). The van der Waals surface area contributed by atoms with Gasteiger partial charge in [0.15, 0.2) is 0 Å². The summed E-state index contributed by atoms with van der Waals surface area (Å²) in [6.07, 6.45) is 2.07. The van der Waals surface area contributed by atoms with E-state index >= 15 is 0 Å². The Hall–Kier alpha value is -2.99. The number of benzene rings is 2. The Morgan fingerprint density at radius 3 is 2.77 bits per heavy atom. The van der Waals surface area contributed by atoms with Crippen molar-refractivity contribution in [3.63, 3.8) is 0 Å². The first-order valence-corrected chi connectivity index (χ1v) is 10.3. The summed E-state index contributed by atoms with van der Waals surface area (Å²) < 4.78 is 22.2. The number of hydrogen-bond acceptors (Lipinski definition) is 6. The van der Waals surface area contributed by atoms with Gasteiger partial charge in [-0.3, -0.25) is 4.90 Å². The summed E-state index contributed by atoms with van der Waals surface area (Å²) in [5.74, 6) is 1.52. The standard InChI is InChI=1S/C24H27NO5/c1-4-29-24(26)23-19(17-8-5-6-10-22(17)30-23)15-25-13-7-9-20(25)18-14-16(27-2)11-12-21(18)28-3/h5-6,8,10-12,14,20H,4,7,9,13,15H2,1-3H3/t20-/m0/s1. The molecule has 0 unspecified atom stereocenters. The molecule has 0 amide bonds. The summed E-state index contributed by atoms with van der Waals surface area (Å²) in [6.45, 7) is 3.62. The van der Waals surface area contributed by atoms with Crippen molar-refractivity contribution in [2.75, 3.05) is 27.4 Å². The molecule has 6 heteroatoms.